The number of hydrogen-bond acceptors (Lipinski definition) is 2. The molecule has 0 aliphatic rings. The molecular weight excluding hydrogens is 298 g/mol. The van der Waals surface area contributed by atoms with E-state index in [4.69, 9.17) is 12.2 Å². The molecule has 2 heterocycles. The fourth-order valence-electron chi connectivity index (χ4n) is 2.45. The molecule has 104 valence electrons. The third-order valence-corrected chi connectivity index (χ3v) is 4.59. The van der Waals surface area contributed by atoms with Crippen LogP contribution in [0.3, 0.4) is 0 Å². The van der Waals surface area contributed by atoms with Crippen LogP contribution >= 0.6 is 23.6 Å². The summed E-state index contributed by atoms with van der Waals surface area (Å²) in [6.07, 6.45) is 0.792. The predicted molar refractivity (Wildman–Crippen MR) is 79.8 cm³/mol. The van der Waals surface area contributed by atoms with E-state index in [0.29, 0.717) is 10.3 Å². The smallest absolute Gasteiger partial charge is 0.178 e. The maximum Gasteiger partial charge on any atom is 0.178 e. The van der Waals surface area contributed by atoms with Crippen LogP contribution in [-0.2, 0) is 0 Å². The quantitative estimate of drug-likeness (QED) is 0.672. The molecule has 1 unspecified atom stereocenters. The minimum absolute atomic E-state index is 0.0163. The van der Waals surface area contributed by atoms with Crippen LogP contribution in [0, 0.1) is 16.4 Å². The van der Waals surface area contributed by atoms with Gasteiger partial charge in [-0.15, -0.1) is 11.3 Å². The van der Waals surface area contributed by atoms with Gasteiger partial charge in [-0.3, -0.25) is 0 Å². The fourth-order valence-corrected chi connectivity index (χ4v) is 3.68. The first-order chi connectivity index (χ1) is 9.61. The summed E-state index contributed by atoms with van der Waals surface area (Å²) in [6, 6.07) is 6.14. The van der Waals surface area contributed by atoms with Crippen LogP contribution in [0.5, 0.6) is 0 Å². The predicted octanol–water partition coefficient (Wildman–Crippen LogP) is 5.04. The molecule has 0 amide bonds. The Labute approximate surface area is 123 Å². The van der Waals surface area contributed by atoms with Gasteiger partial charge in [-0.05, 0) is 36.2 Å². The van der Waals surface area contributed by atoms with E-state index in [0.717, 1.165) is 17.4 Å². The third-order valence-electron chi connectivity index (χ3n) is 3.31. The molecule has 6 heteroatoms. The van der Waals surface area contributed by atoms with Crippen molar-refractivity contribution in [1.82, 2.24) is 9.55 Å². The average Bonchev–Trinajstić information content (AvgIpc) is 3.01. The molecule has 0 aliphatic heterocycles. The average molecular weight is 310 g/mol. The number of H-pyrrole nitrogens is 1. The molecule has 0 fully saturated rings. The van der Waals surface area contributed by atoms with Crippen LogP contribution in [0.1, 0.15) is 24.3 Å². The molecule has 1 atom stereocenters. The second kappa shape index (κ2) is 5.10. The number of aromatic nitrogens is 2. The largest absolute Gasteiger partial charge is 0.328 e. The van der Waals surface area contributed by atoms with E-state index >= 15 is 0 Å². The molecule has 1 aromatic carbocycles. The van der Waals surface area contributed by atoms with Gasteiger partial charge in [-0.1, -0.05) is 13.0 Å². The Morgan fingerprint density at radius 3 is 2.85 bits per heavy atom. The summed E-state index contributed by atoms with van der Waals surface area (Å²) in [4.78, 5) is 3.96. The van der Waals surface area contributed by atoms with Crippen LogP contribution in [0.25, 0.3) is 11.0 Å². The summed E-state index contributed by atoms with van der Waals surface area (Å²) in [6.45, 7) is 2.03. The van der Waals surface area contributed by atoms with Gasteiger partial charge >= 0.3 is 0 Å². The zero-order chi connectivity index (χ0) is 14.3. The minimum Gasteiger partial charge on any atom is -0.328 e. The molecule has 0 saturated heterocycles. The molecule has 20 heavy (non-hydrogen) atoms. The molecule has 0 saturated carbocycles. The van der Waals surface area contributed by atoms with Crippen LogP contribution in [0.2, 0.25) is 0 Å². The van der Waals surface area contributed by atoms with Gasteiger partial charge in [0.05, 0.1) is 11.6 Å². The highest BCUT2D eigenvalue weighted by Crippen LogP contribution is 2.31. The number of rotatable bonds is 3. The number of thiophene rings is 1. The molecule has 3 rings (SSSR count). The highest BCUT2D eigenvalue weighted by atomic mass is 32.1. The molecular formula is C14H12F2N2S2. The summed E-state index contributed by atoms with van der Waals surface area (Å²) in [5.74, 6) is -1.22. The third kappa shape index (κ3) is 2.09. The summed E-state index contributed by atoms with van der Waals surface area (Å²) in [5, 5.41) is 1.98. The van der Waals surface area contributed by atoms with E-state index in [1.54, 1.807) is 15.9 Å². The Hall–Kier alpha value is -1.53. The molecule has 0 bridgehead atoms. The van der Waals surface area contributed by atoms with Gasteiger partial charge in [0.15, 0.2) is 10.6 Å². The van der Waals surface area contributed by atoms with E-state index in [9.17, 15) is 8.78 Å². The highest BCUT2D eigenvalue weighted by Gasteiger charge is 2.19. The zero-order valence-electron chi connectivity index (χ0n) is 10.7. The van der Waals surface area contributed by atoms with Crippen LogP contribution < -0.4 is 0 Å². The van der Waals surface area contributed by atoms with Crippen LogP contribution in [0.15, 0.2) is 29.6 Å². The van der Waals surface area contributed by atoms with E-state index in [-0.39, 0.29) is 11.6 Å². The van der Waals surface area contributed by atoms with E-state index in [1.165, 1.54) is 6.07 Å². The van der Waals surface area contributed by atoms with Gasteiger partial charge in [-0.25, -0.2) is 8.78 Å². The van der Waals surface area contributed by atoms with Gasteiger partial charge in [0.1, 0.15) is 11.3 Å². The first-order valence-corrected chi connectivity index (χ1v) is 7.53. The number of imidazole rings is 1. The number of hydrogen-bond donors (Lipinski definition) is 1. The first kappa shape index (κ1) is 13.5. The van der Waals surface area contributed by atoms with E-state index in [1.807, 2.05) is 24.4 Å². The van der Waals surface area contributed by atoms with Gasteiger partial charge in [0, 0.05) is 10.9 Å². The lowest BCUT2D eigenvalue weighted by atomic mass is 10.1. The van der Waals surface area contributed by atoms with E-state index < -0.39 is 11.6 Å². The van der Waals surface area contributed by atoms with Gasteiger partial charge in [0.2, 0.25) is 0 Å². The SMILES string of the molecule is CCC(c1cccs1)n1c(=S)[nH]c2c(F)cc(F)cc21. The second-order valence-electron chi connectivity index (χ2n) is 4.52. The Balaban J connectivity index is 2.30. The van der Waals surface area contributed by atoms with Gasteiger partial charge in [0.25, 0.3) is 0 Å². The topological polar surface area (TPSA) is 20.7 Å². The van der Waals surface area contributed by atoms with Crippen molar-refractivity contribution in [2.24, 2.45) is 0 Å². The van der Waals surface area contributed by atoms with Crippen molar-refractivity contribution in [3.63, 3.8) is 0 Å². The lowest BCUT2D eigenvalue weighted by Crippen LogP contribution is -2.08. The fraction of sp³-hybridized carbons (Fsp3) is 0.214. The summed E-state index contributed by atoms with van der Waals surface area (Å²) in [5.41, 5.74) is 0.721. The minimum atomic E-state index is -0.620. The molecule has 2 nitrogen and oxygen atoms in total. The number of halogens is 2. The van der Waals surface area contributed by atoms with Crippen molar-refractivity contribution >= 4 is 34.6 Å². The number of benzene rings is 1. The number of fused-ring (bicyclic) bond motifs is 1. The summed E-state index contributed by atoms with van der Waals surface area (Å²) in [7, 11) is 0. The second-order valence-corrected chi connectivity index (χ2v) is 5.89. The molecule has 0 radical (unpaired) electrons. The molecule has 3 aromatic rings. The molecule has 0 spiro atoms. The molecule has 2 aromatic heterocycles. The lowest BCUT2D eigenvalue weighted by molar-refractivity contribution is 0.576. The normalized spacial score (nSPS) is 12.9. The van der Waals surface area contributed by atoms with Crippen molar-refractivity contribution in [3.05, 3.63) is 50.9 Å². The van der Waals surface area contributed by atoms with Crippen molar-refractivity contribution in [1.29, 1.82) is 0 Å². The van der Waals surface area contributed by atoms with Crippen molar-refractivity contribution in [2.45, 2.75) is 19.4 Å². The maximum absolute atomic E-state index is 13.8. The van der Waals surface area contributed by atoms with Crippen molar-refractivity contribution < 1.29 is 8.78 Å². The standard InChI is InChI=1S/C14H12F2N2S2/c1-2-10(12-4-3-5-20-12)18-11-7-8(15)6-9(16)13(11)17-14(18)19/h3-7,10H,2H2,1H3,(H,17,19). The van der Waals surface area contributed by atoms with Crippen LogP contribution in [-0.4, -0.2) is 9.55 Å². The van der Waals surface area contributed by atoms with Crippen LogP contribution in [0.4, 0.5) is 8.78 Å². The summed E-state index contributed by atoms with van der Waals surface area (Å²) >= 11 is 6.91. The Morgan fingerprint density at radius 1 is 1.40 bits per heavy atom. The Morgan fingerprint density at radius 2 is 2.20 bits per heavy atom. The first-order valence-electron chi connectivity index (χ1n) is 6.24. The number of aromatic amines is 1. The maximum atomic E-state index is 13.8. The van der Waals surface area contributed by atoms with Crippen molar-refractivity contribution in [3.8, 4) is 0 Å². The number of nitrogens with one attached hydrogen (secondary N) is 1. The van der Waals surface area contributed by atoms with E-state index in [2.05, 4.69) is 4.98 Å². The Bertz CT molecular complexity index is 803. The molecule has 1 N–H and O–H groups in total. The lowest BCUT2D eigenvalue weighted by Gasteiger charge is -2.16. The van der Waals surface area contributed by atoms with Gasteiger partial charge in [-0.2, -0.15) is 0 Å². The zero-order valence-corrected chi connectivity index (χ0v) is 12.3. The highest BCUT2D eigenvalue weighted by molar-refractivity contribution is 7.71. The molecule has 0 aliphatic carbocycles. The number of nitrogens with zero attached hydrogens (tertiary/aromatic N) is 1. The van der Waals surface area contributed by atoms with Crippen molar-refractivity contribution in [2.75, 3.05) is 0 Å². The summed E-state index contributed by atoms with van der Waals surface area (Å²) < 4.78 is 29.5. The van der Waals surface area contributed by atoms with Gasteiger partial charge < -0.3 is 9.55 Å². The Kier molecular flexibility index (Phi) is 3.43. The monoisotopic (exact) mass is 310 g/mol.